The van der Waals surface area contributed by atoms with Crippen LogP contribution in [0.25, 0.3) is 0 Å². The van der Waals surface area contributed by atoms with E-state index < -0.39 is 0 Å². The normalized spacial score (nSPS) is 11.7. The number of carbonyl (C=O) groups is 1. The Labute approximate surface area is 155 Å². The molecule has 24 heavy (non-hydrogen) atoms. The summed E-state index contributed by atoms with van der Waals surface area (Å²) in [5, 5.41) is 3.62. The van der Waals surface area contributed by atoms with Crippen molar-refractivity contribution < 1.29 is 14.3 Å². The molecule has 0 aliphatic rings. The predicted molar refractivity (Wildman–Crippen MR) is 100.0 cm³/mol. The topological polar surface area (TPSA) is 47.6 Å². The van der Waals surface area contributed by atoms with Crippen molar-refractivity contribution in [3.8, 4) is 11.5 Å². The van der Waals surface area contributed by atoms with Crippen LogP contribution in [0.3, 0.4) is 0 Å². The van der Waals surface area contributed by atoms with Crippen molar-refractivity contribution in [3.05, 3.63) is 46.4 Å². The molecule has 0 aliphatic heterocycles. The van der Waals surface area contributed by atoms with Gasteiger partial charge >= 0.3 is 0 Å². The summed E-state index contributed by atoms with van der Waals surface area (Å²) in [5.74, 6) is 1.01. The van der Waals surface area contributed by atoms with Crippen LogP contribution in [0.5, 0.6) is 11.5 Å². The lowest BCUT2D eigenvalue weighted by atomic mass is 10.2. The second-order valence-corrected chi connectivity index (χ2v) is 7.12. The zero-order valence-electron chi connectivity index (χ0n) is 13.4. The van der Waals surface area contributed by atoms with Crippen LogP contribution in [-0.4, -0.2) is 25.4 Å². The molecule has 7 heteroatoms. The molecule has 0 spiro atoms. The van der Waals surface area contributed by atoms with Crippen molar-refractivity contribution in [2.75, 3.05) is 19.5 Å². The van der Waals surface area contributed by atoms with Gasteiger partial charge in [-0.05, 0) is 37.3 Å². The minimum Gasteiger partial charge on any atom is -0.497 e. The molecule has 128 valence electrons. The lowest BCUT2D eigenvalue weighted by molar-refractivity contribution is -0.115. The zero-order valence-corrected chi connectivity index (χ0v) is 15.8. The van der Waals surface area contributed by atoms with Crippen molar-refractivity contribution >= 4 is 46.6 Å². The summed E-state index contributed by atoms with van der Waals surface area (Å²) in [6, 6.07) is 10.4. The molecule has 0 saturated carbocycles. The number of methoxy groups -OCH3 is 2. The first-order valence-electron chi connectivity index (χ1n) is 7.09. The minimum absolute atomic E-state index is 0.167. The number of halogens is 2. The van der Waals surface area contributed by atoms with Gasteiger partial charge in [-0.2, -0.15) is 0 Å². The maximum atomic E-state index is 12.4. The third kappa shape index (κ3) is 4.72. The van der Waals surface area contributed by atoms with Crippen LogP contribution in [0.2, 0.25) is 10.0 Å². The van der Waals surface area contributed by atoms with Crippen molar-refractivity contribution in [1.29, 1.82) is 0 Å². The van der Waals surface area contributed by atoms with E-state index in [2.05, 4.69) is 5.32 Å². The number of thioether (sulfide) groups is 1. The Morgan fingerprint density at radius 2 is 1.88 bits per heavy atom. The summed E-state index contributed by atoms with van der Waals surface area (Å²) in [5.41, 5.74) is 0.577. The van der Waals surface area contributed by atoms with Gasteiger partial charge in [-0.15, -0.1) is 11.8 Å². The summed E-state index contributed by atoms with van der Waals surface area (Å²) >= 11 is 13.5. The van der Waals surface area contributed by atoms with E-state index in [-0.39, 0.29) is 11.2 Å². The molecule has 4 nitrogen and oxygen atoms in total. The monoisotopic (exact) mass is 385 g/mol. The molecule has 0 heterocycles. The highest BCUT2D eigenvalue weighted by Crippen LogP contribution is 2.34. The fraction of sp³-hybridized carbons (Fsp3) is 0.235. The SMILES string of the molecule is COc1ccc(NC(=O)C(C)Sc2cc(Cl)ccc2Cl)c(OC)c1. The number of hydrogen-bond acceptors (Lipinski definition) is 4. The number of ether oxygens (including phenoxy) is 2. The van der Waals surface area contributed by atoms with E-state index in [9.17, 15) is 4.79 Å². The Kier molecular flexibility index (Phi) is 6.66. The van der Waals surface area contributed by atoms with Gasteiger partial charge in [0, 0.05) is 16.0 Å². The summed E-state index contributed by atoms with van der Waals surface area (Å²) in [4.78, 5) is 13.2. The predicted octanol–water partition coefficient (Wildman–Crippen LogP) is 5.13. The first kappa shape index (κ1) is 18.8. The molecule has 1 N–H and O–H groups in total. The highest BCUT2D eigenvalue weighted by Gasteiger charge is 2.18. The second kappa shape index (κ2) is 8.51. The fourth-order valence-corrected chi connectivity index (χ4v) is 3.36. The molecular weight excluding hydrogens is 369 g/mol. The van der Waals surface area contributed by atoms with Crippen LogP contribution in [-0.2, 0) is 4.79 Å². The van der Waals surface area contributed by atoms with Gasteiger partial charge in [0.2, 0.25) is 5.91 Å². The average Bonchev–Trinajstić information content (AvgIpc) is 2.58. The van der Waals surface area contributed by atoms with E-state index in [0.29, 0.717) is 27.2 Å². The van der Waals surface area contributed by atoms with Crippen LogP contribution in [0.15, 0.2) is 41.3 Å². The summed E-state index contributed by atoms with van der Waals surface area (Å²) in [7, 11) is 3.11. The van der Waals surface area contributed by atoms with Gasteiger partial charge in [0.15, 0.2) is 0 Å². The van der Waals surface area contributed by atoms with Crippen molar-refractivity contribution in [2.45, 2.75) is 17.1 Å². The van der Waals surface area contributed by atoms with E-state index in [1.165, 1.54) is 18.9 Å². The third-order valence-corrected chi connectivity index (χ3v) is 5.07. The van der Waals surface area contributed by atoms with E-state index in [0.717, 1.165) is 4.90 Å². The van der Waals surface area contributed by atoms with Gasteiger partial charge in [-0.25, -0.2) is 0 Å². The van der Waals surface area contributed by atoms with Gasteiger partial charge in [-0.1, -0.05) is 23.2 Å². The zero-order chi connectivity index (χ0) is 17.7. The van der Waals surface area contributed by atoms with Gasteiger partial charge in [0.05, 0.1) is 30.2 Å². The molecule has 2 rings (SSSR count). The largest absolute Gasteiger partial charge is 0.497 e. The molecule has 2 aromatic rings. The Hall–Kier alpha value is -1.56. The molecule has 1 atom stereocenters. The van der Waals surface area contributed by atoms with E-state index in [1.807, 2.05) is 0 Å². The van der Waals surface area contributed by atoms with Crippen LogP contribution in [0.1, 0.15) is 6.92 Å². The van der Waals surface area contributed by atoms with Gasteiger partial charge < -0.3 is 14.8 Å². The number of anilines is 1. The third-order valence-electron chi connectivity index (χ3n) is 3.23. The Balaban J connectivity index is 2.10. The van der Waals surface area contributed by atoms with Gasteiger partial charge in [-0.3, -0.25) is 4.79 Å². The lowest BCUT2D eigenvalue weighted by Gasteiger charge is -2.15. The first-order valence-corrected chi connectivity index (χ1v) is 8.72. The van der Waals surface area contributed by atoms with Crippen LogP contribution in [0.4, 0.5) is 5.69 Å². The lowest BCUT2D eigenvalue weighted by Crippen LogP contribution is -2.22. The number of benzene rings is 2. The van der Waals surface area contributed by atoms with Crippen molar-refractivity contribution in [3.63, 3.8) is 0 Å². The van der Waals surface area contributed by atoms with E-state index in [1.54, 1.807) is 50.4 Å². The number of amides is 1. The average molecular weight is 386 g/mol. The van der Waals surface area contributed by atoms with E-state index in [4.69, 9.17) is 32.7 Å². The Morgan fingerprint density at radius 1 is 1.12 bits per heavy atom. The standard InChI is InChI=1S/C17H17Cl2NO3S/c1-10(24-16-8-11(18)4-6-13(16)19)17(21)20-14-7-5-12(22-2)9-15(14)23-3/h4-10H,1-3H3,(H,20,21). The maximum Gasteiger partial charge on any atom is 0.237 e. The van der Waals surface area contributed by atoms with Crippen LogP contribution < -0.4 is 14.8 Å². The molecule has 1 amide bonds. The summed E-state index contributed by atoms with van der Waals surface area (Å²) in [6.07, 6.45) is 0. The number of carbonyl (C=O) groups excluding carboxylic acids is 1. The molecule has 0 saturated heterocycles. The Morgan fingerprint density at radius 3 is 2.54 bits per heavy atom. The van der Waals surface area contributed by atoms with Crippen molar-refractivity contribution in [2.24, 2.45) is 0 Å². The van der Waals surface area contributed by atoms with Crippen molar-refractivity contribution in [1.82, 2.24) is 0 Å². The highest BCUT2D eigenvalue weighted by molar-refractivity contribution is 8.00. The van der Waals surface area contributed by atoms with Gasteiger partial charge in [0.25, 0.3) is 0 Å². The number of nitrogens with one attached hydrogen (secondary N) is 1. The molecule has 0 fully saturated rings. The summed E-state index contributed by atoms with van der Waals surface area (Å²) < 4.78 is 10.4. The van der Waals surface area contributed by atoms with E-state index >= 15 is 0 Å². The minimum atomic E-state index is -0.368. The molecule has 0 aliphatic carbocycles. The number of rotatable bonds is 6. The summed E-state index contributed by atoms with van der Waals surface area (Å²) in [6.45, 7) is 1.80. The van der Waals surface area contributed by atoms with Crippen LogP contribution >= 0.6 is 35.0 Å². The highest BCUT2D eigenvalue weighted by atomic mass is 35.5. The van der Waals surface area contributed by atoms with Gasteiger partial charge in [0.1, 0.15) is 11.5 Å². The molecule has 0 aromatic heterocycles. The smallest absolute Gasteiger partial charge is 0.237 e. The molecule has 2 aromatic carbocycles. The second-order valence-electron chi connectivity index (χ2n) is 4.89. The fourth-order valence-electron chi connectivity index (χ4n) is 1.95. The molecule has 0 radical (unpaired) electrons. The molecule has 0 bridgehead atoms. The first-order chi connectivity index (χ1) is 11.4. The molecule has 1 unspecified atom stereocenters. The quantitative estimate of drug-likeness (QED) is 0.700. The molecular formula is C17H17Cl2NO3S. The maximum absolute atomic E-state index is 12.4. The van der Waals surface area contributed by atoms with Crippen LogP contribution in [0, 0.1) is 0 Å². The number of hydrogen-bond donors (Lipinski definition) is 1. The Bertz CT molecular complexity index is 740.